The second-order valence-electron chi connectivity index (χ2n) is 8.59. The monoisotopic (exact) mass is 481 g/mol. The van der Waals surface area contributed by atoms with E-state index in [1.807, 2.05) is 49.4 Å². The first-order chi connectivity index (χ1) is 16.4. The molecule has 8 nitrogen and oxygen atoms in total. The molecule has 1 aromatic carbocycles. The van der Waals surface area contributed by atoms with E-state index >= 15 is 0 Å². The van der Waals surface area contributed by atoms with Gasteiger partial charge in [-0.3, -0.25) is 14.3 Å². The number of sulfonamides is 1. The topological polar surface area (TPSA) is 88.4 Å². The Morgan fingerprint density at radius 2 is 1.79 bits per heavy atom. The fraction of sp³-hybridized carbons (Fsp3) is 0.400. The fourth-order valence-corrected chi connectivity index (χ4v) is 6.12. The fourth-order valence-electron chi connectivity index (χ4n) is 4.54. The van der Waals surface area contributed by atoms with E-state index < -0.39 is 10.0 Å². The maximum Gasteiger partial charge on any atom is 0.255 e. The smallest absolute Gasteiger partial charge is 0.255 e. The summed E-state index contributed by atoms with van der Waals surface area (Å²) in [5, 5.41) is 0. The van der Waals surface area contributed by atoms with Gasteiger partial charge in [-0.15, -0.1) is 0 Å². The van der Waals surface area contributed by atoms with Crippen LogP contribution >= 0.6 is 0 Å². The number of pyridine rings is 1. The van der Waals surface area contributed by atoms with Gasteiger partial charge in [0.2, 0.25) is 16.0 Å². The first-order valence-corrected chi connectivity index (χ1v) is 13.3. The van der Waals surface area contributed by atoms with E-state index in [2.05, 4.69) is 9.88 Å². The van der Waals surface area contributed by atoms with Gasteiger partial charge in [-0.1, -0.05) is 30.3 Å². The number of anilines is 1. The summed E-state index contributed by atoms with van der Waals surface area (Å²) in [4.78, 5) is 23.8. The van der Waals surface area contributed by atoms with Gasteiger partial charge in [-0.25, -0.2) is 17.7 Å². The van der Waals surface area contributed by atoms with E-state index in [1.165, 1.54) is 6.07 Å². The largest absolute Gasteiger partial charge is 0.339 e. The molecule has 0 radical (unpaired) electrons. The Labute approximate surface area is 201 Å². The standard InChI is InChI=1S/C25H31N5O3S/c1-3-30(25-27-23(18-24(31)28(25)2)21-11-14-26-15-12-21)22-10-7-16-29(17-13-22)34(32,33)19-20-8-5-4-6-9-20/h4-6,8-9,11-12,14-15,18,22H,3,7,10,13,16-17,19H2,1-2H3. The van der Waals surface area contributed by atoms with Crippen molar-refractivity contribution in [2.24, 2.45) is 7.05 Å². The number of benzene rings is 1. The van der Waals surface area contributed by atoms with Crippen molar-refractivity contribution in [1.82, 2.24) is 18.8 Å². The van der Waals surface area contributed by atoms with Crippen LogP contribution in [0.1, 0.15) is 31.7 Å². The Morgan fingerprint density at radius 1 is 1.06 bits per heavy atom. The molecular formula is C25H31N5O3S. The zero-order valence-electron chi connectivity index (χ0n) is 19.7. The molecule has 1 saturated heterocycles. The number of rotatable bonds is 7. The molecule has 180 valence electrons. The van der Waals surface area contributed by atoms with Crippen LogP contribution in [0.5, 0.6) is 0 Å². The van der Waals surface area contributed by atoms with E-state index in [0.29, 0.717) is 37.7 Å². The van der Waals surface area contributed by atoms with Crippen LogP contribution in [0, 0.1) is 0 Å². The Morgan fingerprint density at radius 3 is 2.50 bits per heavy atom. The molecule has 9 heteroatoms. The molecule has 1 fully saturated rings. The van der Waals surface area contributed by atoms with E-state index in [4.69, 9.17) is 4.98 Å². The van der Waals surface area contributed by atoms with Gasteiger partial charge in [0.15, 0.2) is 0 Å². The lowest BCUT2D eigenvalue weighted by Gasteiger charge is -2.32. The van der Waals surface area contributed by atoms with Crippen LogP contribution in [0.15, 0.2) is 65.7 Å². The Hall–Kier alpha value is -3.04. The van der Waals surface area contributed by atoms with Crippen molar-refractivity contribution in [3.8, 4) is 11.3 Å². The lowest BCUT2D eigenvalue weighted by Crippen LogP contribution is -2.40. The summed E-state index contributed by atoms with van der Waals surface area (Å²) < 4.78 is 29.3. The van der Waals surface area contributed by atoms with Gasteiger partial charge in [-0.2, -0.15) is 0 Å². The normalized spacial score (nSPS) is 17.3. The van der Waals surface area contributed by atoms with Crippen LogP contribution in [0.4, 0.5) is 5.95 Å². The highest BCUT2D eigenvalue weighted by Gasteiger charge is 2.29. The molecule has 0 spiro atoms. The highest BCUT2D eigenvalue weighted by atomic mass is 32.2. The second kappa shape index (κ2) is 10.5. The minimum atomic E-state index is -3.40. The minimum absolute atomic E-state index is 0.0139. The van der Waals surface area contributed by atoms with E-state index in [1.54, 1.807) is 28.3 Å². The third kappa shape index (κ3) is 5.37. The maximum atomic E-state index is 13.1. The van der Waals surface area contributed by atoms with Gasteiger partial charge in [0.1, 0.15) is 0 Å². The highest BCUT2D eigenvalue weighted by Crippen LogP contribution is 2.25. The molecule has 0 aliphatic carbocycles. The van der Waals surface area contributed by atoms with Crippen molar-refractivity contribution in [2.45, 2.75) is 38.0 Å². The molecule has 0 saturated carbocycles. The van der Waals surface area contributed by atoms with E-state index in [-0.39, 0.29) is 17.4 Å². The van der Waals surface area contributed by atoms with Crippen molar-refractivity contribution in [3.63, 3.8) is 0 Å². The summed E-state index contributed by atoms with van der Waals surface area (Å²) in [5.74, 6) is 0.618. The van der Waals surface area contributed by atoms with Crippen LogP contribution < -0.4 is 10.5 Å². The van der Waals surface area contributed by atoms with Gasteiger partial charge < -0.3 is 4.90 Å². The first-order valence-electron chi connectivity index (χ1n) is 11.7. The lowest BCUT2D eigenvalue weighted by atomic mass is 10.1. The summed E-state index contributed by atoms with van der Waals surface area (Å²) in [7, 11) is -1.67. The molecule has 0 amide bonds. The van der Waals surface area contributed by atoms with Gasteiger partial charge in [0.05, 0.1) is 11.4 Å². The van der Waals surface area contributed by atoms with Crippen LogP contribution in [0.25, 0.3) is 11.3 Å². The Kier molecular flexibility index (Phi) is 7.43. The third-order valence-corrected chi connectivity index (χ3v) is 8.22. The van der Waals surface area contributed by atoms with Crippen molar-refractivity contribution in [3.05, 3.63) is 76.8 Å². The average molecular weight is 482 g/mol. The van der Waals surface area contributed by atoms with Crippen LogP contribution in [0.3, 0.4) is 0 Å². The third-order valence-electron chi connectivity index (χ3n) is 6.37. The predicted octanol–water partition coefficient (Wildman–Crippen LogP) is 3.05. The van der Waals surface area contributed by atoms with E-state index in [0.717, 1.165) is 24.0 Å². The quantitative estimate of drug-likeness (QED) is 0.515. The maximum absolute atomic E-state index is 13.1. The molecule has 3 aromatic rings. The summed E-state index contributed by atoms with van der Waals surface area (Å²) in [6.45, 7) is 3.67. The zero-order valence-corrected chi connectivity index (χ0v) is 20.5. The number of hydrogen-bond donors (Lipinski definition) is 0. The molecular weight excluding hydrogens is 450 g/mol. The molecule has 0 N–H and O–H groups in total. The summed E-state index contributed by atoms with van der Waals surface area (Å²) in [6, 6.07) is 14.6. The summed E-state index contributed by atoms with van der Waals surface area (Å²) in [5.41, 5.74) is 2.12. The molecule has 2 aromatic heterocycles. The van der Waals surface area contributed by atoms with Crippen LogP contribution in [0.2, 0.25) is 0 Å². The predicted molar refractivity (Wildman–Crippen MR) is 134 cm³/mol. The number of aromatic nitrogens is 3. The molecule has 1 aliphatic rings. The van der Waals surface area contributed by atoms with Crippen molar-refractivity contribution in [2.75, 3.05) is 24.5 Å². The van der Waals surface area contributed by atoms with Gasteiger partial charge in [-0.05, 0) is 43.9 Å². The van der Waals surface area contributed by atoms with Crippen molar-refractivity contribution in [1.29, 1.82) is 0 Å². The molecule has 1 aliphatic heterocycles. The van der Waals surface area contributed by atoms with Crippen LogP contribution in [-0.2, 0) is 22.8 Å². The van der Waals surface area contributed by atoms with Gasteiger partial charge in [0, 0.05) is 56.7 Å². The number of nitrogens with zero attached hydrogens (tertiary/aromatic N) is 5. The molecule has 4 rings (SSSR count). The minimum Gasteiger partial charge on any atom is -0.339 e. The highest BCUT2D eigenvalue weighted by molar-refractivity contribution is 7.88. The average Bonchev–Trinajstić information content (AvgIpc) is 3.10. The lowest BCUT2D eigenvalue weighted by molar-refractivity contribution is 0.419. The Balaban J connectivity index is 1.55. The SMILES string of the molecule is CCN(c1nc(-c2ccncc2)cc(=O)n1C)C1CCCN(S(=O)(=O)Cc2ccccc2)CC1. The molecule has 1 atom stereocenters. The zero-order chi connectivity index (χ0) is 24.1. The first kappa shape index (κ1) is 24.1. The molecule has 3 heterocycles. The summed E-state index contributed by atoms with van der Waals surface area (Å²) in [6.07, 6.45) is 5.63. The molecule has 34 heavy (non-hydrogen) atoms. The van der Waals surface area contributed by atoms with Gasteiger partial charge >= 0.3 is 0 Å². The Bertz CT molecular complexity index is 1260. The van der Waals surface area contributed by atoms with Gasteiger partial charge in [0.25, 0.3) is 5.56 Å². The molecule has 1 unspecified atom stereocenters. The van der Waals surface area contributed by atoms with Crippen molar-refractivity contribution >= 4 is 16.0 Å². The second-order valence-corrected chi connectivity index (χ2v) is 10.6. The molecule has 0 bridgehead atoms. The van der Waals surface area contributed by atoms with Crippen molar-refractivity contribution < 1.29 is 8.42 Å². The number of hydrogen-bond acceptors (Lipinski definition) is 6. The van der Waals surface area contributed by atoms with E-state index in [9.17, 15) is 13.2 Å². The summed E-state index contributed by atoms with van der Waals surface area (Å²) >= 11 is 0. The van der Waals surface area contributed by atoms with Crippen LogP contribution in [-0.4, -0.2) is 52.9 Å².